The average molecular weight is 248 g/mol. The van der Waals surface area contributed by atoms with E-state index >= 15 is 0 Å². The van der Waals surface area contributed by atoms with Gasteiger partial charge in [-0.05, 0) is 24.2 Å². The van der Waals surface area contributed by atoms with Crippen LogP contribution in [-0.4, -0.2) is 30.2 Å². The van der Waals surface area contributed by atoms with E-state index in [-0.39, 0.29) is 0 Å². The molecule has 0 radical (unpaired) electrons. The highest BCUT2D eigenvalue weighted by atomic mass is 16.2. The molecular weight excluding hydrogens is 228 g/mol. The van der Waals surface area contributed by atoms with Gasteiger partial charge >= 0.3 is 6.03 Å². The SMILES string of the molecule is CCN(CC)Cc1ccccc1C=NNC(N)=O. The van der Waals surface area contributed by atoms with Crippen LogP contribution in [0.1, 0.15) is 25.0 Å². The lowest BCUT2D eigenvalue weighted by Gasteiger charge is -2.19. The molecule has 0 bridgehead atoms. The molecule has 18 heavy (non-hydrogen) atoms. The molecule has 0 atom stereocenters. The van der Waals surface area contributed by atoms with Crippen LogP contribution < -0.4 is 11.2 Å². The van der Waals surface area contributed by atoms with Gasteiger partial charge < -0.3 is 5.73 Å². The van der Waals surface area contributed by atoms with Crippen molar-refractivity contribution in [1.82, 2.24) is 10.3 Å². The summed E-state index contributed by atoms with van der Waals surface area (Å²) in [5.41, 5.74) is 9.31. The Balaban J connectivity index is 2.78. The second-order valence-corrected chi connectivity index (χ2v) is 3.89. The fourth-order valence-electron chi connectivity index (χ4n) is 1.66. The molecular formula is C13H20N4O. The summed E-state index contributed by atoms with van der Waals surface area (Å²) in [4.78, 5) is 12.8. The summed E-state index contributed by atoms with van der Waals surface area (Å²) in [6.45, 7) is 7.14. The number of nitrogens with one attached hydrogen (secondary N) is 1. The second kappa shape index (κ2) is 7.45. The van der Waals surface area contributed by atoms with E-state index in [2.05, 4.69) is 35.3 Å². The van der Waals surface area contributed by atoms with E-state index in [1.165, 1.54) is 5.56 Å². The van der Waals surface area contributed by atoms with Gasteiger partial charge in [-0.3, -0.25) is 4.90 Å². The van der Waals surface area contributed by atoms with Crippen LogP contribution in [0.3, 0.4) is 0 Å². The predicted octanol–water partition coefficient (Wildman–Crippen LogP) is 1.53. The second-order valence-electron chi connectivity index (χ2n) is 3.89. The van der Waals surface area contributed by atoms with Crippen LogP contribution in [0.5, 0.6) is 0 Å². The van der Waals surface area contributed by atoms with Crippen LogP contribution in [0.15, 0.2) is 29.4 Å². The van der Waals surface area contributed by atoms with Crippen molar-refractivity contribution in [2.75, 3.05) is 13.1 Å². The number of carbonyl (C=O) groups is 1. The fourth-order valence-corrected chi connectivity index (χ4v) is 1.66. The number of primary amides is 1. The molecule has 0 aliphatic carbocycles. The molecule has 5 nitrogen and oxygen atoms in total. The first-order chi connectivity index (χ1) is 8.67. The van der Waals surface area contributed by atoms with E-state index in [9.17, 15) is 4.79 Å². The maximum Gasteiger partial charge on any atom is 0.332 e. The third-order valence-corrected chi connectivity index (χ3v) is 2.72. The zero-order valence-electron chi connectivity index (χ0n) is 10.9. The molecule has 0 saturated heterocycles. The number of urea groups is 1. The summed E-state index contributed by atoms with van der Waals surface area (Å²) < 4.78 is 0. The van der Waals surface area contributed by atoms with E-state index in [1.807, 2.05) is 18.2 Å². The van der Waals surface area contributed by atoms with Crippen LogP contribution in [-0.2, 0) is 6.54 Å². The van der Waals surface area contributed by atoms with Crippen molar-refractivity contribution >= 4 is 12.2 Å². The Hall–Kier alpha value is -1.88. The Bertz CT molecular complexity index is 413. The smallest absolute Gasteiger partial charge is 0.332 e. The molecule has 1 aromatic carbocycles. The van der Waals surface area contributed by atoms with Crippen molar-refractivity contribution in [2.24, 2.45) is 10.8 Å². The molecule has 5 heteroatoms. The quantitative estimate of drug-likeness (QED) is 0.592. The highest BCUT2D eigenvalue weighted by Crippen LogP contribution is 2.09. The van der Waals surface area contributed by atoms with Gasteiger partial charge in [-0.2, -0.15) is 5.10 Å². The van der Waals surface area contributed by atoms with Gasteiger partial charge in [-0.25, -0.2) is 10.2 Å². The van der Waals surface area contributed by atoms with E-state index in [0.717, 1.165) is 25.2 Å². The first kappa shape index (κ1) is 14.2. The van der Waals surface area contributed by atoms with E-state index in [1.54, 1.807) is 6.21 Å². The molecule has 0 spiro atoms. The minimum absolute atomic E-state index is 0.660. The highest BCUT2D eigenvalue weighted by molar-refractivity contribution is 5.83. The number of benzene rings is 1. The summed E-state index contributed by atoms with van der Waals surface area (Å²) in [7, 11) is 0. The van der Waals surface area contributed by atoms with E-state index in [4.69, 9.17) is 5.73 Å². The Morgan fingerprint density at radius 2 is 2.06 bits per heavy atom. The maximum absolute atomic E-state index is 10.5. The van der Waals surface area contributed by atoms with Gasteiger partial charge in [-0.15, -0.1) is 0 Å². The topological polar surface area (TPSA) is 70.7 Å². The Kier molecular flexibility index (Phi) is 5.87. The van der Waals surface area contributed by atoms with Crippen LogP contribution in [0, 0.1) is 0 Å². The molecule has 0 heterocycles. The van der Waals surface area contributed by atoms with Crippen LogP contribution >= 0.6 is 0 Å². The fraction of sp³-hybridized carbons (Fsp3) is 0.385. The minimum Gasteiger partial charge on any atom is -0.350 e. The third kappa shape index (κ3) is 4.55. The molecule has 0 aliphatic rings. The Morgan fingerprint density at radius 3 is 2.67 bits per heavy atom. The van der Waals surface area contributed by atoms with Crippen LogP contribution in [0.25, 0.3) is 0 Å². The maximum atomic E-state index is 10.5. The summed E-state index contributed by atoms with van der Waals surface area (Å²) in [5, 5.41) is 3.79. The lowest BCUT2D eigenvalue weighted by Crippen LogP contribution is -2.25. The number of hydrogen-bond donors (Lipinski definition) is 2. The molecule has 0 saturated carbocycles. The first-order valence-electron chi connectivity index (χ1n) is 6.06. The van der Waals surface area contributed by atoms with Gasteiger partial charge in [-0.1, -0.05) is 38.1 Å². The normalized spacial score (nSPS) is 11.1. The first-order valence-corrected chi connectivity index (χ1v) is 6.06. The van der Waals surface area contributed by atoms with E-state index < -0.39 is 6.03 Å². The van der Waals surface area contributed by atoms with E-state index in [0.29, 0.717) is 0 Å². The molecule has 0 fully saturated rings. The van der Waals surface area contributed by atoms with Gasteiger partial charge in [0.1, 0.15) is 0 Å². The molecule has 98 valence electrons. The number of amides is 2. The number of nitrogens with zero attached hydrogens (tertiary/aromatic N) is 2. The van der Waals surface area contributed by atoms with Crippen molar-refractivity contribution in [3.63, 3.8) is 0 Å². The summed E-state index contributed by atoms with van der Waals surface area (Å²) in [6.07, 6.45) is 1.61. The molecule has 3 N–H and O–H groups in total. The van der Waals surface area contributed by atoms with Crippen molar-refractivity contribution < 1.29 is 4.79 Å². The molecule has 0 aliphatic heterocycles. The Labute approximate surface area is 108 Å². The largest absolute Gasteiger partial charge is 0.350 e. The van der Waals surface area contributed by atoms with Crippen LogP contribution in [0.4, 0.5) is 4.79 Å². The van der Waals surface area contributed by atoms with Crippen molar-refractivity contribution in [2.45, 2.75) is 20.4 Å². The van der Waals surface area contributed by atoms with Gasteiger partial charge in [0.2, 0.25) is 0 Å². The lowest BCUT2D eigenvalue weighted by atomic mass is 10.1. The van der Waals surface area contributed by atoms with Crippen molar-refractivity contribution in [3.8, 4) is 0 Å². The monoisotopic (exact) mass is 248 g/mol. The molecule has 2 amide bonds. The Morgan fingerprint density at radius 1 is 1.39 bits per heavy atom. The third-order valence-electron chi connectivity index (χ3n) is 2.72. The van der Waals surface area contributed by atoms with Gasteiger partial charge in [0.25, 0.3) is 0 Å². The minimum atomic E-state index is -0.660. The van der Waals surface area contributed by atoms with Crippen molar-refractivity contribution in [1.29, 1.82) is 0 Å². The number of carbonyl (C=O) groups excluding carboxylic acids is 1. The summed E-state index contributed by atoms with van der Waals surface area (Å²) >= 11 is 0. The van der Waals surface area contributed by atoms with Crippen molar-refractivity contribution in [3.05, 3.63) is 35.4 Å². The summed E-state index contributed by atoms with van der Waals surface area (Å²) in [5.74, 6) is 0. The zero-order chi connectivity index (χ0) is 13.4. The van der Waals surface area contributed by atoms with Gasteiger partial charge in [0, 0.05) is 6.54 Å². The zero-order valence-corrected chi connectivity index (χ0v) is 10.9. The van der Waals surface area contributed by atoms with Gasteiger partial charge in [0.05, 0.1) is 6.21 Å². The van der Waals surface area contributed by atoms with Gasteiger partial charge in [0.15, 0.2) is 0 Å². The standard InChI is InChI=1S/C13H20N4O/c1-3-17(4-2)10-12-8-6-5-7-11(12)9-15-16-13(14)18/h5-9H,3-4,10H2,1-2H3,(H3,14,16,18). The average Bonchev–Trinajstić information content (AvgIpc) is 2.37. The number of nitrogens with two attached hydrogens (primary N) is 1. The molecule has 1 rings (SSSR count). The van der Waals surface area contributed by atoms with Crippen LogP contribution in [0.2, 0.25) is 0 Å². The molecule has 1 aromatic rings. The highest BCUT2D eigenvalue weighted by Gasteiger charge is 2.04. The number of rotatable bonds is 6. The predicted molar refractivity (Wildman–Crippen MR) is 73.4 cm³/mol. The number of hydrazone groups is 1. The lowest BCUT2D eigenvalue weighted by molar-refractivity contribution is 0.249. The number of hydrogen-bond acceptors (Lipinski definition) is 3. The molecule has 0 unspecified atom stereocenters. The summed E-state index contributed by atoms with van der Waals surface area (Å²) in [6, 6.07) is 7.30. The molecule has 0 aromatic heterocycles.